The molecule has 2 aliphatic rings. The van der Waals surface area contributed by atoms with Crippen LogP contribution in [-0.2, 0) is 4.79 Å². The largest absolute Gasteiger partial charge is 0.506 e. The average Bonchev–Trinajstić information content (AvgIpc) is 3.27. The maximum atomic E-state index is 12.8. The number of hydrogen-bond donors (Lipinski definition) is 2. The first kappa shape index (κ1) is 18.4. The van der Waals surface area contributed by atoms with E-state index >= 15 is 0 Å². The summed E-state index contributed by atoms with van der Waals surface area (Å²) in [5, 5.41) is 12.7. The molecule has 0 bridgehead atoms. The number of Topliss-reactive ketones (excluding diaryl/α,β-unsaturated/α-hetero) is 1. The van der Waals surface area contributed by atoms with Crippen molar-refractivity contribution in [2.24, 2.45) is 5.92 Å². The van der Waals surface area contributed by atoms with Crippen molar-refractivity contribution in [2.45, 2.75) is 25.7 Å². The lowest BCUT2D eigenvalue weighted by atomic mass is 9.93. The van der Waals surface area contributed by atoms with Crippen LogP contribution in [0.5, 0.6) is 5.75 Å². The molecular weight excluding hydrogens is 474 g/mol. The van der Waals surface area contributed by atoms with Crippen molar-refractivity contribution in [3.05, 3.63) is 56.0 Å². The third kappa shape index (κ3) is 3.48. The van der Waals surface area contributed by atoms with Gasteiger partial charge in [-0.25, -0.2) is 0 Å². The van der Waals surface area contributed by atoms with E-state index in [0.29, 0.717) is 25.8 Å². The van der Waals surface area contributed by atoms with Gasteiger partial charge in [0.25, 0.3) is 5.91 Å². The minimum atomic E-state index is -0.198. The number of anilines is 1. The predicted molar refractivity (Wildman–Crippen MR) is 113 cm³/mol. The molecule has 1 saturated carbocycles. The number of rotatable bonds is 3. The highest BCUT2D eigenvalue weighted by Gasteiger charge is 2.28. The molecule has 0 radical (unpaired) electrons. The maximum absolute atomic E-state index is 12.8. The van der Waals surface area contributed by atoms with E-state index in [9.17, 15) is 14.7 Å². The number of aromatic hydroxyl groups is 1. The predicted octanol–water partition coefficient (Wildman–Crippen LogP) is 5.78. The SMILES string of the molecule is O=C1Nc2ccc(C(=O)C3CCCC3)cc2/C1=C/c1cc(Br)c(O)c(Br)c1. The number of halogens is 2. The number of fused-ring (bicyclic) bond motifs is 1. The van der Waals surface area contributed by atoms with Gasteiger partial charge in [-0.05, 0) is 86.7 Å². The summed E-state index contributed by atoms with van der Waals surface area (Å²) in [5.41, 5.74) is 3.39. The average molecular weight is 491 g/mol. The summed E-state index contributed by atoms with van der Waals surface area (Å²) in [6.45, 7) is 0. The fourth-order valence-electron chi connectivity index (χ4n) is 3.74. The first-order valence-corrected chi connectivity index (χ1v) is 10.4. The van der Waals surface area contributed by atoms with Gasteiger partial charge in [-0.3, -0.25) is 9.59 Å². The molecule has 1 aliphatic heterocycles. The molecule has 1 amide bonds. The Balaban J connectivity index is 1.74. The summed E-state index contributed by atoms with van der Waals surface area (Å²) >= 11 is 6.61. The topological polar surface area (TPSA) is 66.4 Å². The van der Waals surface area contributed by atoms with E-state index < -0.39 is 0 Å². The Kier molecular flexibility index (Phi) is 4.95. The number of carbonyl (C=O) groups excluding carboxylic acids is 2. The molecule has 4 rings (SSSR count). The Labute approximate surface area is 173 Å². The molecule has 6 heteroatoms. The van der Waals surface area contributed by atoms with Crippen molar-refractivity contribution in [1.82, 2.24) is 0 Å². The van der Waals surface area contributed by atoms with Crippen LogP contribution in [0.25, 0.3) is 11.6 Å². The molecule has 4 nitrogen and oxygen atoms in total. The van der Waals surface area contributed by atoms with Crippen molar-refractivity contribution in [1.29, 1.82) is 0 Å². The summed E-state index contributed by atoms with van der Waals surface area (Å²) in [4.78, 5) is 25.2. The van der Waals surface area contributed by atoms with Crippen LogP contribution in [0.2, 0.25) is 0 Å². The number of carbonyl (C=O) groups is 2. The van der Waals surface area contributed by atoms with E-state index in [2.05, 4.69) is 37.2 Å². The minimum absolute atomic E-state index is 0.101. The number of phenolic OH excluding ortho intramolecular Hbond substituents is 1. The molecule has 1 aliphatic carbocycles. The fourth-order valence-corrected chi connectivity index (χ4v) is 4.97. The second-order valence-electron chi connectivity index (χ2n) is 6.95. The Morgan fingerprint density at radius 2 is 1.78 bits per heavy atom. The number of nitrogens with one attached hydrogen (secondary N) is 1. The van der Waals surface area contributed by atoms with Crippen LogP contribution in [-0.4, -0.2) is 16.8 Å². The van der Waals surface area contributed by atoms with Crippen LogP contribution in [0.1, 0.15) is 47.2 Å². The van der Waals surface area contributed by atoms with Crippen molar-refractivity contribution < 1.29 is 14.7 Å². The lowest BCUT2D eigenvalue weighted by Crippen LogP contribution is -2.11. The highest BCUT2D eigenvalue weighted by Crippen LogP contribution is 2.38. The minimum Gasteiger partial charge on any atom is -0.506 e. The second kappa shape index (κ2) is 7.24. The molecule has 2 aromatic carbocycles. The molecule has 1 fully saturated rings. The van der Waals surface area contributed by atoms with E-state index in [1.54, 1.807) is 30.3 Å². The van der Waals surface area contributed by atoms with Crippen molar-refractivity contribution >= 4 is 60.9 Å². The van der Waals surface area contributed by atoms with Crippen LogP contribution >= 0.6 is 31.9 Å². The van der Waals surface area contributed by atoms with Gasteiger partial charge in [0.1, 0.15) is 5.75 Å². The van der Waals surface area contributed by atoms with Crippen LogP contribution < -0.4 is 5.32 Å². The zero-order valence-corrected chi connectivity index (χ0v) is 17.6. The summed E-state index contributed by atoms with van der Waals surface area (Å²) < 4.78 is 1.07. The molecule has 0 atom stereocenters. The first-order valence-electron chi connectivity index (χ1n) is 8.84. The molecule has 27 heavy (non-hydrogen) atoms. The molecule has 1 heterocycles. The van der Waals surface area contributed by atoms with E-state index in [1.807, 2.05) is 6.07 Å². The normalized spacial score (nSPS) is 18.0. The smallest absolute Gasteiger partial charge is 0.256 e. The molecule has 2 aromatic rings. The summed E-state index contributed by atoms with van der Waals surface area (Å²) in [6, 6.07) is 8.91. The van der Waals surface area contributed by atoms with Gasteiger partial charge in [-0.2, -0.15) is 0 Å². The lowest BCUT2D eigenvalue weighted by Gasteiger charge is -2.09. The van der Waals surface area contributed by atoms with Crippen molar-refractivity contribution in [3.8, 4) is 5.75 Å². The van der Waals surface area contributed by atoms with Crippen LogP contribution in [0.3, 0.4) is 0 Å². The second-order valence-corrected chi connectivity index (χ2v) is 8.66. The quantitative estimate of drug-likeness (QED) is 0.423. The molecular formula is C21H17Br2NO3. The Morgan fingerprint density at radius 1 is 1.11 bits per heavy atom. The number of hydrogen-bond acceptors (Lipinski definition) is 3. The Bertz CT molecular complexity index is 968. The van der Waals surface area contributed by atoms with Crippen LogP contribution in [0.4, 0.5) is 5.69 Å². The van der Waals surface area contributed by atoms with E-state index in [1.165, 1.54) is 0 Å². The van der Waals surface area contributed by atoms with Crippen molar-refractivity contribution in [3.63, 3.8) is 0 Å². The molecule has 0 saturated heterocycles. The van der Waals surface area contributed by atoms with Crippen molar-refractivity contribution in [2.75, 3.05) is 5.32 Å². The first-order chi connectivity index (χ1) is 12.9. The van der Waals surface area contributed by atoms with E-state index in [4.69, 9.17) is 0 Å². The van der Waals surface area contributed by atoms with E-state index in [-0.39, 0.29) is 23.4 Å². The zero-order valence-electron chi connectivity index (χ0n) is 14.4. The Hall–Kier alpha value is -1.92. The monoisotopic (exact) mass is 489 g/mol. The van der Waals surface area contributed by atoms with Gasteiger partial charge < -0.3 is 10.4 Å². The van der Waals surface area contributed by atoms with Crippen LogP contribution in [0, 0.1) is 5.92 Å². The third-order valence-corrected chi connectivity index (χ3v) is 6.37. The maximum Gasteiger partial charge on any atom is 0.256 e. The number of benzene rings is 2. The van der Waals surface area contributed by atoms with Crippen LogP contribution in [0.15, 0.2) is 39.3 Å². The fraction of sp³-hybridized carbons (Fsp3) is 0.238. The van der Waals surface area contributed by atoms with Gasteiger partial charge in [0, 0.05) is 28.3 Å². The highest BCUT2D eigenvalue weighted by molar-refractivity contribution is 9.11. The number of ketones is 1. The summed E-state index contributed by atoms with van der Waals surface area (Å²) in [5.74, 6) is 0.183. The van der Waals surface area contributed by atoms with Gasteiger partial charge in [0.15, 0.2) is 5.78 Å². The Morgan fingerprint density at radius 3 is 2.44 bits per heavy atom. The summed E-state index contributed by atoms with van der Waals surface area (Å²) in [6.07, 6.45) is 5.88. The van der Waals surface area contributed by atoms with E-state index in [0.717, 1.165) is 36.8 Å². The highest BCUT2D eigenvalue weighted by atomic mass is 79.9. The van der Waals surface area contributed by atoms with Gasteiger partial charge in [0.05, 0.1) is 8.95 Å². The number of amides is 1. The van der Waals surface area contributed by atoms with Gasteiger partial charge in [-0.1, -0.05) is 12.8 Å². The lowest BCUT2D eigenvalue weighted by molar-refractivity contribution is -0.110. The van der Waals surface area contributed by atoms with Gasteiger partial charge >= 0.3 is 0 Å². The standard InChI is InChI=1S/C21H17Br2NO3/c22-16-8-11(9-17(23)20(16)26)7-15-14-10-13(5-6-18(14)24-21(15)27)19(25)12-3-1-2-4-12/h5-10,12,26H,1-4H2,(H,24,27)/b15-7-. The molecule has 0 spiro atoms. The molecule has 2 N–H and O–H groups in total. The van der Waals surface area contributed by atoms with Gasteiger partial charge in [0.2, 0.25) is 0 Å². The molecule has 0 aromatic heterocycles. The molecule has 138 valence electrons. The number of phenols is 1. The third-order valence-electron chi connectivity index (χ3n) is 5.16. The molecule has 0 unspecified atom stereocenters. The zero-order chi connectivity index (χ0) is 19.1. The summed E-state index contributed by atoms with van der Waals surface area (Å²) in [7, 11) is 0. The van der Waals surface area contributed by atoms with Gasteiger partial charge in [-0.15, -0.1) is 0 Å².